The summed E-state index contributed by atoms with van der Waals surface area (Å²) in [6.45, 7) is 8.12. The van der Waals surface area contributed by atoms with Crippen LogP contribution in [-0.4, -0.2) is 57.5 Å². The van der Waals surface area contributed by atoms with Crippen molar-refractivity contribution < 1.29 is 17.9 Å². The molecular formula is C16H23F3N6O. The number of aryl methyl sites for hydroxylation is 1. The predicted molar refractivity (Wildman–Crippen MR) is 92.4 cm³/mol. The van der Waals surface area contributed by atoms with Crippen LogP contribution in [0.5, 0.6) is 0 Å². The molecule has 0 aromatic carbocycles. The van der Waals surface area contributed by atoms with Crippen molar-refractivity contribution in [1.82, 2.24) is 19.5 Å². The molecule has 0 bridgehead atoms. The summed E-state index contributed by atoms with van der Waals surface area (Å²) in [7, 11) is 0. The van der Waals surface area contributed by atoms with Gasteiger partial charge in [0.25, 0.3) is 0 Å². The fourth-order valence-corrected chi connectivity index (χ4v) is 2.73. The van der Waals surface area contributed by atoms with Crippen molar-refractivity contribution in [2.45, 2.75) is 45.5 Å². The van der Waals surface area contributed by atoms with Crippen LogP contribution >= 0.6 is 0 Å². The van der Waals surface area contributed by atoms with E-state index in [-0.39, 0.29) is 12.1 Å². The lowest BCUT2D eigenvalue weighted by molar-refractivity contribution is -0.136. The summed E-state index contributed by atoms with van der Waals surface area (Å²) in [5.41, 5.74) is 0.623. The maximum Gasteiger partial charge on any atom is 0.390 e. The van der Waals surface area contributed by atoms with Gasteiger partial charge < -0.3 is 19.5 Å². The predicted octanol–water partition coefficient (Wildman–Crippen LogP) is 2.83. The van der Waals surface area contributed by atoms with Gasteiger partial charge in [0, 0.05) is 25.2 Å². The molecule has 1 N–H and O–H groups in total. The minimum absolute atomic E-state index is 0.228. The van der Waals surface area contributed by atoms with E-state index in [1.165, 1.54) is 10.9 Å². The van der Waals surface area contributed by atoms with Crippen molar-refractivity contribution >= 4 is 22.9 Å². The molecule has 0 amide bonds. The van der Waals surface area contributed by atoms with Gasteiger partial charge in [-0.2, -0.15) is 23.1 Å². The van der Waals surface area contributed by atoms with Crippen molar-refractivity contribution in [3.63, 3.8) is 0 Å². The first-order valence-corrected chi connectivity index (χ1v) is 8.53. The van der Waals surface area contributed by atoms with Gasteiger partial charge in [0.1, 0.15) is 0 Å². The molecule has 2 aromatic heterocycles. The molecule has 1 saturated heterocycles. The highest BCUT2D eigenvalue weighted by Gasteiger charge is 2.28. The zero-order valence-corrected chi connectivity index (χ0v) is 15.1. The van der Waals surface area contributed by atoms with E-state index in [0.717, 1.165) is 0 Å². The van der Waals surface area contributed by atoms with Crippen LogP contribution in [0.3, 0.4) is 0 Å². The molecule has 10 heteroatoms. The number of rotatable bonds is 4. The molecular weight excluding hydrogens is 349 g/mol. The molecule has 0 unspecified atom stereocenters. The normalized spacial score (nSPS) is 16.3. The quantitative estimate of drug-likeness (QED) is 0.890. The van der Waals surface area contributed by atoms with Gasteiger partial charge in [0.05, 0.1) is 26.0 Å². The van der Waals surface area contributed by atoms with E-state index >= 15 is 0 Å². The molecule has 0 spiro atoms. The highest BCUT2D eigenvalue weighted by molar-refractivity contribution is 5.85. The smallest absolute Gasteiger partial charge is 0.378 e. The van der Waals surface area contributed by atoms with Crippen LogP contribution in [0.15, 0.2) is 6.33 Å². The summed E-state index contributed by atoms with van der Waals surface area (Å²) in [5.74, 6) is 0.996. The van der Waals surface area contributed by atoms with E-state index in [2.05, 4.69) is 20.3 Å². The SMILES string of the molecule is CC(C)(C)Nc1nc(N2CCOCC2)c2ncn(CCC(F)(F)F)c2n1. The van der Waals surface area contributed by atoms with Crippen LogP contribution in [0.1, 0.15) is 27.2 Å². The van der Waals surface area contributed by atoms with E-state index in [0.29, 0.717) is 49.2 Å². The van der Waals surface area contributed by atoms with Crippen molar-refractivity contribution in [3.05, 3.63) is 6.33 Å². The Morgan fingerprint density at radius 3 is 2.46 bits per heavy atom. The molecule has 0 radical (unpaired) electrons. The van der Waals surface area contributed by atoms with Crippen LogP contribution in [0.4, 0.5) is 24.9 Å². The Morgan fingerprint density at radius 2 is 1.85 bits per heavy atom. The van der Waals surface area contributed by atoms with Crippen molar-refractivity contribution in [1.29, 1.82) is 0 Å². The average molecular weight is 372 g/mol. The third kappa shape index (κ3) is 4.54. The Kier molecular flexibility index (Phi) is 4.96. The highest BCUT2D eigenvalue weighted by atomic mass is 19.4. The van der Waals surface area contributed by atoms with Gasteiger partial charge in [-0.05, 0) is 20.8 Å². The molecule has 0 aliphatic carbocycles. The fourth-order valence-electron chi connectivity index (χ4n) is 2.73. The number of imidazole rings is 1. The number of morpholine rings is 1. The van der Waals surface area contributed by atoms with Crippen molar-refractivity contribution in [2.24, 2.45) is 0 Å². The Bertz CT molecular complexity index is 762. The molecule has 144 valence electrons. The minimum Gasteiger partial charge on any atom is -0.378 e. The summed E-state index contributed by atoms with van der Waals surface area (Å²) in [6.07, 6.45) is -3.77. The summed E-state index contributed by atoms with van der Waals surface area (Å²) in [5, 5.41) is 3.20. The molecule has 7 nitrogen and oxygen atoms in total. The van der Waals surface area contributed by atoms with Crippen molar-refractivity contribution in [2.75, 3.05) is 36.5 Å². The molecule has 1 aliphatic rings. The number of hydrogen-bond donors (Lipinski definition) is 1. The van der Waals surface area contributed by atoms with Gasteiger partial charge in [-0.25, -0.2) is 4.98 Å². The van der Waals surface area contributed by atoms with E-state index in [1.54, 1.807) is 0 Å². The van der Waals surface area contributed by atoms with E-state index < -0.39 is 12.6 Å². The number of nitrogens with one attached hydrogen (secondary N) is 1. The monoisotopic (exact) mass is 372 g/mol. The summed E-state index contributed by atoms with van der Waals surface area (Å²) in [4.78, 5) is 15.3. The summed E-state index contributed by atoms with van der Waals surface area (Å²) in [6, 6.07) is 0. The molecule has 0 saturated carbocycles. The van der Waals surface area contributed by atoms with Gasteiger partial charge in [-0.3, -0.25) is 0 Å². The molecule has 2 aromatic rings. The zero-order valence-electron chi connectivity index (χ0n) is 15.1. The third-order valence-electron chi connectivity index (χ3n) is 3.88. The van der Waals surface area contributed by atoms with E-state index in [4.69, 9.17) is 4.74 Å². The zero-order chi connectivity index (χ0) is 18.9. The number of aromatic nitrogens is 4. The second-order valence-corrected chi connectivity index (χ2v) is 7.32. The maximum atomic E-state index is 12.6. The second kappa shape index (κ2) is 6.90. The maximum absolute atomic E-state index is 12.6. The Balaban J connectivity index is 2.01. The Morgan fingerprint density at radius 1 is 1.15 bits per heavy atom. The van der Waals surface area contributed by atoms with E-state index in [9.17, 15) is 13.2 Å². The lowest BCUT2D eigenvalue weighted by atomic mass is 10.1. The first kappa shape index (κ1) is 18.7. The van der Waals surface area contributed by atoms with E-state index in [1.807, 2.05) is 25.7 Å². The number of nitrogens with zero attached hydrogens (tertiary/aromatic N) is 5. The lowest BCUT2D eigenvalue weighted by Crippen LogP contribution is -2.37. The molecule has 3 heterocycles. The van der Waals surface area contributed by atoms with Gasteiger partial charge in [-0.1, -0.05) is 0 Å². The number of anilines is 2. The molecule has 1 fully saturated rings. The summed E-state index contributed by atoms with van der Waals surface area (Å²) < 4.78 is 44.7. The standard InChI is InChI=1S/C16H23F3N6O/c1-15(2,3)23-14-21-12(24-6-8-26-9-7-24)11-13(22-14)25(10-20-11)5-4-16(17,18)19/h10H,4-9H2,1-3H3,(H,21,22,23). The average Bonchev–Trinajstić information content (AvgIpc) is 2.94. The number of alkyl halides is 3. The Labute approximate surface area is 149 Å². The largest absolute Gasteiger partial charge is 0.390 e. The van der Waals surface area contributed by atoms with Crippen LogP contribution in [0.2, 0.25) is 0 Å². The number of fused-ring (bicyclic) bond motifs is 1. The second-order valence-electron chi connectivity index (χ2n) is 7.32. The van der Waals surface area contributed by atoms with Crippen LogP contribution in [0, 0.1) is 0 Å². The topological polar surface area (TPSA) is 68.1 Å². The molecule has 26 heavy (non-hydrogen) atoms. The third-order valence-corrected chi connectivity index (χ3v) is 3.88. The molecule has 1 aliphatic heterocycles. The van der Waals surface area contributed by atoms with Crippen LogP contribution in [0.25, 0.3) is 11.2 Å². The molecule has 0 atom stereocenters. The Hall–Kier alpha value is -2.10. The number of halogens is 3. The minimum atomic E-state index is -4.23. The molecule has 3 rings (SSSR count). The van der Waals surface area contributed by atoms with Gasteiger partial charge in [-0.15, -0.1) is 0 Å². The van der Waals surface area contributed by atoms with Gasteiger partial charge in [0.2, 0.25) is 5.95 Å². The van der Waals surface area contributed by atoms with Crippen LogP contribution < -0.4 is 10.2 Å². The number of hydrogen-bond acceptors (Lipinski definition) is 6. The van der Waals surface area contributed by atoms with Crippen molar-refractivity contribution in [3.8, 4) is 0 Å². The first-order valence-electron chi connectivity index (χ1n) is 8.53. The van der Waals surface area contributed by atoms with Gasteiger partial charge in [0.15, 0.2) is 17.0 Å². The van der Waals surface area contributed by atoms with Gasteiger partial charge >= 0.3 is 6.18 Å². The van der Waals surface area contributed by atoms with Crippen LogP contribution in [-0.2, 0) is 11.3 Å². The lowest BCUT2D eigenvalue weighted by Gasteiger charge is -2.29. The first-order chi connectivity index (χ1) is 12.1. The number of ether oxygens (including phenoxy) is 1. The summed E-state index contributed by atoms with van der Waals surface area (Å²) >= 11 is 0. The fraction of sp³-hybridized carbons (Fsp3) is 0.688. The highest BCUT2D eigenvalue weighted by Crippen LogP contribution is 2.27.